The topological polar surface area (TPSA) is 18.5 Å². The summed E-state index contributed by atoms with van der Waals surface area (Å²) >= 11 is 0. The van der Waals surface area contributed by atoms with Crippen LogP contribution in [-0.4, -0.2) is 29.4 Å². The van der Waals surface area contributed by atoms with Crippen LogP contribution in [0.4, 0.5) is 0 Å². The molecule has 0 aromatic heterocycles. The Morgan fingerprint density at radius 1 is 1.30 bits per heavy atom. The summed E-state index contributed by atoms with van der Waals surface area (Å²) in [7, 11) is 0.890. The van der Waals surface area contributed by atoms with E-state index in [1.807, 2.05) is 0 Å². The van der Waals surface area contributed by atoms with Crippen molar-refractivity contribution in [3.8, 4) is 0 Å². The average molecular weight is 162 g/mol. The lowest BCUT2D eigenvalue weighted by Gasteiger charge is -2.08. The minimum atomic E-state index is -0.814. The van der Waals surface area contributed by atoms with E-state index in [-0.39, 0.29) is 0 Å². The van der Waals surface area contributed by atoms with Gasteiger partial charge < -0.3 is 9.16 Å². The van der Waals surface area contributed by atoms with Crippen molar-refractivity contribution >= 4 is 9.04 Å². The van der Waals surface area contributed by atoms with E-state index in [9.17, 15) is 0 Å². The predicted molar refractivity (Wildman–Crippen MR) is 45.9 cm³/mol. The highest BCUT2D eigenvalue weighted by atomic mass is 28.3. The third-order valence-corrected chi connectivity index (χ3v) is 3.58. The second-order valence-electron chi connectivity index (χ2n) is 2.46. The van der Waals surface area contributed by atoms with E-state index in [4.69, 9.17) is 9.16 Å². The van der Waals surface area contributed by atoms with Crippen LogP contribution in [0.25, 0.3) is 0 Å². The third kappa shape index (κ3) is 6.26. The molecule has 0 rings (SSSR count). The highest BCUT2D eigenvalue weighted by Crippen LogP contribution is 1.97. The summed E-state index contributed by atoms with van der Waals surface area (Å²) in [5.74, 6) is 0. The second kappa shape index (κ2) is 7.25. The molecule has 0 amide bonds. The standard InChI is InChI=1S/C7H18O2Si/c1-4-7-10(3)9-6-5-8-2/h10H,4-7H2,1-3H3. The van der Waals surface area contributed by atoms with Gasteiger partial charge in [-0.2, -0.15) is 0 Å². The lowest BCUT2D eigenvalue weighted by molar-refractivity contribution is 0.146. The second-order valence-corrected chi connectivity index (χ2v) is 4.99. The maximum absolute atomic E-state index is 5.54. The highest BCUT2D eigenvalue weighted by Gasteiger charge is 2.00. The quantitative estimate of drug-likeness (QED) is 0.434. The molecule has 0 aromatic carbocycles. The van der Waals surface area contributed by atoms with E-state index in [0.717, 1.165) is 13.2 Å². The highest BCUT2D eigenvalue weighted by molar-refractivity contribution is 6.50. The van der Waals surface area contributed by atoms with Gasteiger partial charge in [0.05, 0.1) is 13.2 Å². The van der Waals surface area contributed by atoms with E-state index < -0.39 is 9.04 Å². The molecule has 1 atom stereocenters. The van der Waals surface area contributed by atoms with Crippen LogP contribution >= 0.6 is 0 Å². The summed E-state index contributed by atoms with van der Waals surface area (Å²) in [5.41, 5.74) is 0. The lowest BCUT2D eigenvalue weighted by Crippen LogP contribution is -2.15. The van der Waals surface area contributed by atoms with Crippen molar-refractivity contribution in [2.45, 2.75) is 25.9 Å². The molecule has 0 radical (unpaired) electrons. The van der Waals surface area contributed by atoms with Gasteiger partial charge in [0.2, 0.25) is 0 Å². The molecule has 2 nitrogen and oxygen atoms in total. The maximum atomic E-state index is 5.54. The summed E-state index contributed by atoms with van der Waals surface area (Å²) < 4.78 is 10.4. The van der Waals surface area contributed by atoms with Crippen molar-refractivity contribution in [2.75, 3.05) is 20.3 Å². The first-order valence-corrected chi connectivity index (χ1v) is 6.36. The van der Waals surface area contributed by atoms with Crippen LogP contribution < -0.4 is 0 Å². The summed E-state index contributed by atoms with van der Waals surface area (Å²) in [4.78, 5) is 0. The van der Waals surface area contributed by atoms with Gasteiger partial charge in [0.1, 0.15) is 0 Å². The zero-order valence-electron chi connectivity index (χ0n) is 7.22. The van der Waals surface area contributed by atoms with Crippen molar-refractivity contribution < 1.29 is 9.16 Å². The average Bonchev–Trinajstić information content (AvgIpc) is 1.89. The molecular formula is C7H18O2Si. The third-order valence-electron chi connectivity index (χ3n) is 1.39. The van der Waals surface area contributed by atoms with Crippen LogP contribution in [0.2, 0.25) is 12.6 Å². The van der Waals surface area contributed by atoms with E-state index in [0.29, 0.717) is 0 Å². The van der Waals surface area contributed by atoms with E-state index in [1.54, 1.807) is 7.11 Å². The molecule has 0 N–H and O–H groups in total. The van der Waals surface area contributed by atoms with Crippen molar-refractivity contribution in [2.24, 2.45) is 0 Å². The van der Waals surface area contributed by atoms with Gasteiger partial charge in [-0.25, -0.2) is 0 Å². The summed E-state index contributed by atoms with van der Waals surface area (Å²) in [6.45, 7) is 5.95. The van der Waals surface area contributed by atoms with Crippen LogP contribution in [-0.2, 0) is 9.16 Å². The Bertz CT molecular complexity index is 68.6. The molecule has 0 aliphatic heterocycles. The molecule has 10 heavy (non-hydrogen) atoms. The summed E-state index contributed by atoms with van der Waals surface area (Å²) in [6, 6.07) is 1.28. The Kier molecular flexibility index (Phi) is 7.35. The fraction of sp³-hybridized carbons (Fsp3) is 1.00. The molecule has 0 fully saturated rings. The molecule has 0 heterocycles. The molecule has 0 spiro atoms. The molecule has 0 saturated carbocycles. The first kappa shape index (κ1) is 10.1. The molecule has 0 aromatic rings. The minimum Gasteiger partial charge on any atom is -0.418 e. The van der Waals surface area contributed by atoms with Gasteiger partial charge in [-0.1, -0.05) is 13.3 Å². The van der Waals surface area contributed by atoms with E-state index in [2.05, 4.69) is 13.5 Å². The van der Waals surface area contributed by atoms with Crippen LogP contribution in [0.5, 0.6) is 0 Å². The van der Waals surface area contributed by atoms with Crippen LogP contribution in [0.15, 0.2) is 0 Å². The number of methoxy groups -OCH3 is 1. The van der Waals surface area contributed by atoms with Crippen LogP contribution in [0, 0.1) is 0 Å². The molecule has 1 unspecified atom stereocenters. The predicted octanol–water partition coefficient (Wildman–Crippen LogP) is 1.41. The van der Waals surface area contributed by atoms with Crippen molar-refractivity contribution in [3.05, 3.63) is 0 Å². The Labute approximate surface area is 65.3 Å². The molecule has 0 aliphatic rings. The SMILES string of the molecule is CCC[SiH](C)OCCOC. The fourth-order valence-electron chi connectivity index (χ4n) is 0.822. The molecular weight excluding hydrogens is 144 g/mol. The molecule has 0 saturated heterocycles. The molecule has 3 heteroatoms. The van der Waals surface area contributed by atoms with Crippen LogP contribution in [0.1, 0.15) is 13.3 Å². The Hall–Kier alpha value is 0.137. The first-order valence-electron chi connectivity index (χ1n) is 3.91. The number of rotatable bonds is 6. The Morgan fingerprint density at radius 2 is 2.00 bits per heavy atom. The van der Waals surface area contributed by atoms with Crippen molar-refractivity contribution in [3.63, 3.8) is 0 Å². The number of hydrogen-bond acceptors (Lipinski definition) is 2. The first-order chi connectivity index (χ1) is 4.81. The lowest BCUT2D eigenvalue weighted by atomic mass is 10.6. The maximum Gasteiger partial charge on any atom is 0.174 e. The fourth-order valence-corrected chi connectivity index (χ4v) is 2.30. The summed E-state index contributed by atoms with van der Waals surface area (Å²) in [5, 5.41) is 0. The zero-order valence-corrected chi connectivity index (χ0v) is 8.38. The van der Waals surface area contributed by atoms with Gasteiger partial charge in [-0.3, -0.25) is 0 Å². The van der Waals surface area contributed by atoms with Gasteiger partial charge in [0.25, 0.3) is 0 Å². The smallest absolute Gasteiger partial charge is 0.174 e. The number of ether oxygens (including phenoxy) is 1. The Balaban J connectivity index is 2.97. The molecule has 62 valence electrons. The summed E-state index contributed by atoms with van der Waals surface area (Å²) in [6.07, 6.45) is 1.25. The minimum absolute atomic E-state index is 0.737. The van der Waals surface area contributed by atoms with Gasteiger partial charge >= 0.3 is 0 Å². The monoisotopic (exact) mass is 162 g/mol. The van der Waals surface area contributed by atoms with Gasteiger partial charge in [0.15, 0.2) is 9.04 Å². The van der Waals surface area contributed by atoms with Crippen molar-refractivity contribution in [1.82, 2.24) is 0 Å². The van der Waals surface area contributed by atoms with Gasteiger partial charge in [0, 0.05) is 7.11 Å². The normalized spacial score (nSPS) is 13.5. The van der Waals surface area contributed by atoms with Crippen LogP contribution in [0.3, 0.4) is 0 Å². The van der Waals surface area contributed by atoms with Crippen molar-refractivity contribution in [1.29, 1.82) is 0 Å². The number of hydrogen-bond donors (Lipinski definition) is 0. The van der Waals surface area contributed by atoms with Gasteiger partial charge in [-0.15, -0.1) is 0 Å². The largest absolute Gasteiger partial charge is 0.418 e. The Morgan fingerprint density at radius 3 is 2.50 bits per heavy atom. The molecule has 0 bridgehead atoms. The van der Waals surface area contributed by atoms with Gasteiger partial charge in [-0.05, 0) is 12.6 Å². The van der Waals surface area contributed by atoms with E-state index in [1.165, 1.54) is 12.5 Å². The molecule has 0 aliphatic carbocycles. The zero-order chi connectivity index (χ0) is 7.82. The van der Waals surface area contributed by atoms with E-state index >= 15 is 0 Å².